The summed E-state index contributed by atoms with van der Waals surface area (Å²) in [7, 11) is 0. The van der Waals surface area contributed by atoms with E-state index in [1.54, 1.807) is 36.5 Å². The maximum absolute atomic E-state index is 13.4. The van der Waals surface area contributed by atoms with Gasteiger partial charge in [-0.1, -0.05) is 18.2 Å². The van der Waals surface area contributed by atoms with Gasteiger partial charge in [0, 0.05) is 31.2 Å². The van der Waals surface area contributed by atoms with E-state index in [0.717, 1.165) is 50.3 Å². The Balaban J connectivity index is 1.15. The summed E-state index contributed by atoms with van der Waals surface area (Å²) < 4.78 is 40.1. The van der Waals surface area contributed by atoms with Crippen molar-refractivity contribution in [1.29, 1.82) is 0 Å². The zero-order chi connectivity index (χ0) is 26.7. The fourth-order valence-electron chi connectivity index (χ4n) is 4.52. The van der Waals surface area contributed by atoms with E-state index in [9.17, 15) is 22.8 Å². The van der Waals surface area contributed by atoms with E-state index in [0.29, 0.717) is 40.1 Å². The number of thioether (sulfide) groups is 1. The molecule has 38 heavy (non-hydrogen) atoms. The van der Waals surface area contributed by atoms with Gasteiger partial charge in [0.15, 0.2) is 0 Å². The second-order valence-corrected chi connectivity index (χ2v) is 10.3. The molecule has 5 rings (SSSR count). The predicted molar refractivity (Wildman–Crippen MR) is 139 cm³/mol. The van der Waals surface area contributed by atoms with E-state index in [-0.39, 0.29) is 23.1 Å². The van der Waals surface area contributed by atoms with Crippen LogP contribution in [0.2, 0.25) is 0 Å². The molecule has 198 valence electrons. The lowest BCUT2D eigenvalue weighted by molar-refractivity contribution is -0.136. The van der Waals surface area contributed by atoms with E-state index in [1.165, 1.54) is 6.07 Å². The summed E-state index contributed by atoms with van der Waals surface area (Å²) in [5.41, 5.74) is 0.376. The molecule has 1 amide bonds. The van der Waals surface area contributed by atoms with Crippen molar-refractivity contribution in [3.63, 3.8) is 0 Å². The lowest BCUT2D eigenvalue weighted by Gasteiger charge is -2.32. The van der Waals surface area contributed by atoms with E-state index in [4.69, 9.17) is 0 Å². The van der Waals surface area contributed by atoms with Crippen LogP contribution in [0.1, 0.15) is 29.8 Å². The Morgan fingerprint density at radius 2 is 1.92 bits per heavy atom. The van der Waals surface area contributed by atoms with Crippen molar-refractivity contribution in [3.8, 4) is 0 Å². The van der Waals surface area contributed by atoms with E-state index < -0.39 is 11.7 Å². The number of nitrogens with zero attached hydrogens (tertiary/aromatic N) is 4. The molecule has 4 heterocycles. The number of piperidine rings is 1. The molecule has 2 aromatic heterocycles. The number of fused-ring (bicyclic) bond motifs is 1. The Labute approximate surface area is 221 Å². The van der Waals surface area contributed by atoms with Crippen LogP contribution < -0.4 is 15.5 Å². The Morgan fingerprint density at radius 3 is 2.71 bits per heavy atom. The van der Waals surface area contributed by atoms with Gasteiger partial charge < -0.3 is 15.5 Å². The first-order valence-electron chi connectivity index (χ1n) is 12.2. The number of benzene rings is 1. The van der Waals surface area contributed by atoms with Crippen molar-refractivity contribution in [1.82, 2.24) is 25.6 Å². The van der Waals surface area contributed by atoms with Gasteiger partial charge in [0.1, 0.15) is 0 Å². The number of rotatable bonds is 6. The minimum Gasteiger partial charge on any atom is -0.344 e. The summed E-state index contributed by atoms with van der Waals surface area (Å²) in [5.74, 6) is 0.679. The predicted octanol–water partition coefficient (Wildman–Crippen LogP) is 3.78. The first kappa shape index (κ1) is 26.1. The molecule has 12 heteroatoms. The summed E-state index contributed by atoms with van der Waals surface area (Å²) in [5, 5.41) is 6.23. The third kappa shape index (κ3) is 6.13. The highest BCUT2D eigenvalue weighted by molar-refractivity contribution is 8.18. The van der Waals surface area contributed by atoms with Crippen LogP contribution in [0.3, 0.4) is 0 Å². The normalized spacial score (nSPS) is 18.3. The molecule has 2 fully saturated rings. The highest BCUT2D eigenvalue weighted by Gasteiger charge is 2.33. The average Bonchev–Trinajstić information content (AvgIpc) is 2.90. The smallest absolute Gasteiger partial charge is 0.344 e. The molecule has 2 N–H and O–H groups in total. The molecule has 1 aromatic carbocycles. The van der Waals surface area contributed by atoms with Gasteiger partial charge in [-0.2, -0.15) is 13.2 Å². The molecule has 0 bridgehead atoms. The maximum atomic E-state index is 13.4. The Kier molecular flexibility index (Phi) is 7.61. The summed E-state index contributed by atoms with van der Waals surface area (Å²) in [6.07, 6.45) is 0.582. The molecular formula is C26H25F3N6O2S. The molecule has 2 aliphatic heterocycles. The first-order valence-corrected chi connectivity index (χ1v) is 13.0. The number of alkyl halides is 3. The topological polar surface area (TPSA) is 100 Å². The minimum atomic E-state index is -4.45. The van der Waals surface area contributed by atoms with Crippen LogP contribution in [-0.4, -0.2) is 52.2 Å². The number of anilines is 1. The highest BCUT2D eigenvalue weighted by Crippen LogP contribution is 2.34. The zero-order valence-corrected chi connectivity index (χ0v) is 21.1. The van der Waals surface area contributed by atoms with Crippen LogP contribution in [0.25, 0.3) is 17.0 Å². The standard InChI is InChI=1S/C26H25F3N6O2S/c27-26(28,29)20-3-1-2-17-4-5-19(33-23(17)20)14-30-13-16-7-10-35(11-8-16)25-31-9-6-18(34-25)12-21-24(37)32-15-22(36)38-21/h1-6,9,12,16,30H,7-8,10-11,13-15H2,(H,32,37). The number of para-hydroxylation sites is 1. The number of carbonyl (C=O) groups excluding carboxylic acids is 2. The maximum Gasteiger partial charge on any atom is 0.418 e. The second kappa shape index (κ2) is 11.1. The molecular weight excluding hydrogens is 517 g/mol. The van der Waals surface area contributed by atoms with Crippen LogP contribution in [-0.2, 0) is 22.3 Å². The second-order valence-electron chi connectivity index (χ2n) is 9.19. The van der Waals surface area contributed by atoms with Gasteiger partial charge in [0.25, 0.3) is 5.91 Å². The lowest BCUT2D eigenvalue weighted by Crippen LogP contribution is -2.38. The van der Waals surface area contributed by atoms with E-state index in [1.807, 2.05) is 0 Å². The zero-order valence-electron chi connectivity index (χ0n) is 20.3. The van der Waals surface area contributed by atoms with Crippen LogP contribution in [0, 0.1) is 5.92 Å². The van der Waals surface area contributed by atoms with Crippen LogP contribution in [0.15, 0.2) is 47.5 Å². The number of hydrogen-bond acceptors (Lipinski definition) is 8. The molecule has 2 aliphatic rings. The number of hydrogen-bond donors (Lipinski definition) is 2. The number of amides is 1. The number of nitrogens with one attached hydrogen (secondary N) is 2. The van der Waals surface area contributed by atoms with Crippen molar-refractivity contribution in [3.05, 3.63) is 64.5 Å². The largest absolute Gasteiger partial charge is 0.418 e. The fourth-order valence-corrected chi connectivity index (χ4v) is 5.26. The van der Waals surface area contributed by atoms with Crippen molar-refractivity contribution in [2.24, 2.45) is 5.92 Å². The van der Waals surface area contributed by atoms with Gasteiger partial charge in [-0.05, 0) is 61.3 Å². The van der Waals surface area contributed by atoms with Gasteiger partial charge in [0.05, 0.1) is 33.9 Å². The highest BCUT2D eigenvalue weighted by atomic mass is 32.2. The summed E-state index contributed by atoms with van der Waals surface area (Å²) >= 11 is 0.914. The van der Waals surface area contributed by atoms with Gasteiger partial charge >= 0.3 is 6.18 Å². The van der Waals surface area contributed by atoms with Gasteiger partial charge in [-0.25, -0.2) is 9.97 Å². The minimum absolute atomic E-state index is 0.0252. The third-order valence-corrected chi connectivity index (χ3v) is 7.40. The van der Waals surface area contributed by atoms with Crippen molar-refractivity contribution < 1.29 is 22.8 Å². The number of carbonyl (C=O) groups is 2. The quantitative estimate of drug-likeness (QED) is 0.454. The lowest BCUT2D eigenvalue weighted by atomic mass is 9.97. The molecule has 0 aliphatic carbocycles. The molecule has 0 atom stereocenters. The molecule has 0 saturated carbocycles. The average molecular weight is 543 g/mol. The molecule has 0 unspecified atom stereocenters. The van der Waals surface area contributed by atoms with Gasteiger partial charge in [0.2, 0.25) is 11.1 Å². The third-order valence-electron chi connectivity index (χ3n) is 6.50. The summed E-state index contributed by atoms with van der Waals surface area (Å²) in [6, 6.07) is 9.21. The number of pyridine rings is 1. The monoisotopic (exact) mass is 542 g/mol. The number of halogens is 3. The fraction of sp³-hybridized carbons (Fsp3) is 0.346. The summed E-state index contributed by atoms with van der Waals surface area (Å²) in [6.45, 7) is 2.64. The van der Waals surface area contributed by atoms with Crippen LogP contribution >= 0.6 is 11.8 Å². The van der Waals surface area contributed by atoms with Crippen molar-refractivity contribution in [2.45, 2.75) is 25.6 Å². The molecule has 0 radical (unpaired) electrons. The number of aromatic nitrogens is 3. The van der Waals surface area contributed by atoms with Crippen LogP contribution in [0.5, 0.6) is 0 Å². The molecule has 2 saturated heterocycles. The SMILES string of the molecule is O=C1CNC(=O)C(=Cc2ccnc(N3CCC(CNCc4ccc5cccc(C(F)(F)F)c5n4)CC3)n2)S1. The Morgan fingerprint density at radius 1 is 1.11 bits per heavy atom. The molecule has 3 aromatic rings. The van der Waals surface area contributed by atoms with E-state index in [2.05, 4.69) is 30.5 Å². The first-order chi connectivity index (χ1) is 18.3. The summed E-state index contributed by atoms with van der Waals surface area (Å²) in [4.78, 5) is 39.2. The Bertz CT molecular complexity index is 1390. The van der Waals surface area contributed by atoms with Crippen molar-refractivity contribution >= 4 is 45.7 Å². The van der Waals surface area contributed by atoms with E-state index >= 15 is 0 Å². The van der Waals surface area contributed by atoms with Gasteiger partial charge in [-0.3, -0.25) is 14.6 Å². The molecule has 0 spiro atoms. The van der Waals surface area contributed by atoms with Gasteiger partial charge in [-0.15, -0.1) is 0 Å². The molecule has 8 nitrogen and oxygen atoms in total. The Hall–Kier alpha value is -3.51. The van der Waals surface area contributed by atoms with Crippen LogP contribution in [0.4, 0.5) is 19.1 Å². The van der Waals surface area contributed by atoms with Crippen molar-refractivity contribution in [2.75, 3.05) is 31.1 Å².